The first kappa shape index (κ1) is 27.7. The molecule has 0 N–H and O–H groups in total. The molecule has 3 heterocycles. The van der Waals surface area contributed by atoms with Crippen molar-refractivity contribution >= 4 is 72.0 Å². The van der Waals surface area contributed by atoms with Crippen molar-refractivity contribution in [2.24, 2.45) is 0 Å². The number of aryl methyl sites for hydroxylation is 1. The van der Waals surface area contributed by atoms with Gasteiger partial charge in [-0.25, -0.2) is 18.3 Å². The molecule has 1 atom stereocenters. The fourth-order valence-electron chi connectivity index (χ4n) is 4.92. The summed E-state index contributed by atoms with van der Waals surface area (Å²) in [4.78, 5) is 32.7. The molecule has 41 heavy (non-hydrogen) atoms. The Hall–Kier alpha value is -3.41. The van der Waals surface area contributed by atoms with Crippen LogP contribution in [0.15, 0.2) is 88.5 Å². The van der Waals surface area contributed by atoms with Gasteiger partial charge in [-0.2, -0.15) is 4.31 Å². The molecule has 1 unspecified atom stereocenters. The van der Waals surface area contributed by atoms with Gasteiger partial charge in [-0.05, 0) is 84.4 Å². The summed E-state index contributed by atoms with van der Waals surface area (Å²) in [5.74, 6) is -1.01. The standard InChI is InChI=1S/C30H24ClN3O4S3/c1-19-7-12-24-26(16-19)40-29(32-24)21-8-10-23(11-9-21)34-27(35)18-25(30(34)36)33(41(37,38)28-6-3-15-39-28)14-13-20-4-2-5-22(31)17-20/h2-12,15-17,25H,13-14,18H2,1H3. The molecule has 0 bridgehead atoms. The number of imide groups is 1. The SMILES string of the molecule is Cc1ccc2nc(-c3ccc(N4C(=O)CC(N(CCc5cccc(Cl)c5)S(=O)(=O)c5cccs5)C4=O)cc3)sc2c1. The lowest BCUT2D eigenvalue weighted by Gasteiger charge is -2.26. The maximum Gasteiger partial charge on any atom is 0.253 e. The molecule has 1 aliphatic rings. The molecule has 2 aromatic heterocycles. The number of benzene rings is 3. The number of carbonyl (C=O) groups is 2. The number of aromatic nitrogens is 1. The van der Waals surface area contributed by atoms with Crippen LogP contribution in [0.4, 0.5) is 5.69 Å². The van der Waals surface area contributed by atoms with Crippen molar-refractivity contribution in [2.75, 3.05) is 11.4 Å². The third-order valence-corrected chi connectivity index (χ3v) is 11.5. The zero-order valence-electron chi connectivity index (χ0n) is 21.9. The smallest absolute Gasteiger partial charge is 0.253 e. The third-order valence-electron chi connectivity index (χ3n) is 6.95. The molecule has 3 aromatic carbocycles. The first-order chi connectivity index (χ1) is 19.7. The lowest BCUT2D eigenvalue weighted by Crippen LogP contribution is -2.46. The summed E-state index contributed by atoms with van der Waals surface area (Å²) in [5, 5.41) is 3.05. The fraction of sp³-hybridized carbons (Fsp3) is 0.167. The topological polar surface area (TPSA) is 87.7 Å². The van der Waals surface area contributed by atoms with E-state index in [0.717, 1.165) is 52.5 Å². The van der Waals surface area contributed by atoms with E-state index in [1.807, 2.05) is 37.3 Å². The van der Waals surface area contributed by atoms with Crippen molar-refractivity contribution in [1.82, 2.24) is 9.29 Å². The normalized spacial score (nSPS) is 15.9. The number of hydrogen-bond donors (Lipinski definition) is 0. The number of fused-ring (bicyclic) bond motifs is 1. The van der Waals surface area contributed by atoms with Crippen LogP contribution in [0.3, 0.4) is 0 Å². The van der Waals surface area contributed by atoms with Gasteiger partial charge in [0.15, 0.2) is 0 Å². The number of amides is 2. The number of rotatable bonds is 8. The van der Waals surface area contributed by atoms with Crippen LogP contribution in [0.1, 0.15) is 17.5 Å². The largest absolute Gasteiger partial charge is 0.274 e. The van der Waals surface area contributed by atoms with E-state index in [1.54, 1.807) is 53.1 Å². The number of thiazole rings is 1. The van der Waals surface area contributed by atoms with Gasteiger partial charge in [-0.3, -0.25) is 9.59 Å². The van der Waals surface area contributed by atoms with E-state index in [4.69, 9.17) is 16.6 Å². The Bertz CT molecular complexity index is 1870. The first-order valence-corrected chi connectivity index (χ1v) is 16.4. The van der Waals surface area contributed by atoms with Crippen molar-refractivity contribution in [3.63, 3.8) is 0 Å². The van der Waals surface area contributed by atoms with Crippen molar-refractivity contribution in [3.05, 3.63) is 100 Å². The number of anilines is 1. The number of carbonyl (C=O) groups excluding carboxylic acids is 2. The van der Waals surface area contributed by atoms with E-state index >= 15 is 0 Å². The van der Waals surface area contributed by atoms with E-state index in [-0.39, 0.29) is 17.2 Å². The molecule has 0 radical (unpaired) electrons. The molecule has 1 saturated heterocycles. The van der Waals surface area contributed by atoms with Gasteiger partial charge in [0, 0.05) is 17.1 Å². The lowest BCUT2D eigenvalue weighted by molar-refractivity contribution is -0.122. The zero-order chi connectivity index (χ0) is 28.7. The monoisotopic (exact) mass is 621 g/mol. The Morgan fingerprint density at radius 2 is 1.83 bits per heavy atom. The lowest BCUT2D eigenvalue weighted by atomic mass is 10.1. The van der Waals surface area contributed by atoms with Crippen LogP contribution >= 0.6 is 34.3 Å². The number of nitrogens with zero attached hydrogens (tertiary/aromatic N) is 3. The summed E-state index contributed by atoms with van der Waals surface area (Å²) in [6, 6.07) is 22.3. The van der Waals surface area contributed by atoms with Gasteiger partial charge in [0.1, 0.15) is 15.3 Å². The Balaban J connectivity index is 1.28. The second-order valence-electron chi connectivity index (χ2n) is 9.75. The second kappa shape index (κ2) is 11.1. The van der Waals surface area contributed by atoms with E-state index in [0.29, 0.717) is 17.1 Å². The summed E-state index contributed by atoms with van der Waals surface area (Å²) in [5.41, 5.74) is 4.17. The van der Waals surface area contributed by atoms with E-state index < -0.39 is 27.9 Å². The Labute approximate surface area is 250 Å². The van der Waals surface area contributed by atoms with Crippen LogP contribution in [0.25, 0.3) is 20.8 Å². The fourth-order valence-corrected chi connectivity index (χ4v) is 8.91. The molecule has 2 amide bonds. The molecule has 208 valence electrons. The van der Waals surface area contributed by atoms with Crippen LogP contribution in [0.2, 0.25) is 5.02 Å². The van der Waals surface area contributed by atoms with Crippen LogP contribution in [0, 0.1) is 6.92 Å². The Morgan fingerprint density at radius 1 is 1.02 bits per heavy atom. The molecule has 6 rings (SSSR count). The number of halogens is 1. The summed E-state index contributed by atoms with van der Waals surface area (Å²) in [6.45, 7) is 2.06. The van der Waals surface area contributed by atoms with Gasteiger partial charge in [0.05, 0.1) is 22.3 Å². The molecule has 0 aliphatic carbocycles. The average Bonchev–Trinajstić information content (AvgIpc) is 3.69. The highest BCUT2D eigenvalue weighted by molar-refractivity contribution is 7.91. The molecule has 7 nitrogen and oxygen atoms in total. The summed E-state index contributed by atoms with van der Waals surface area (Å²) >= 11 is 8.78. The van der Waals surface area contributed by atoms with Crippen molar-refractivity contribution in [1.29, 1.82) is 0 Å². The third kappa shape index (κ3) is 5.45. The van der Waals surface area contributed by atoms with Gasteiger partial charge >= 0.3 is 0 Å². The highest BCUT2D eigenvalue weighted by Crippen LogP contribution is 2.34. The van der Waals surface area contributed by atoms with E-state index in [1.165, 1.54) is 6.07 Å². The van der Waals surface area contributed by atoms with Crippen LogP contribution in [-0.4, -0.2) is 42.1 Å². The molecule has 0 saturated carbocycles. The molecular formula is C30H24ClN3O4S3. The molecular weight excluding hydrogens is 598 g/mol. The van der Waals surface area contributed by atoms with Gasteiger partial charge in [-0.15, -0.1) is 22.7 Å². The van der Waals surface area contributed by atoms with Crippen LogP contribution in [-0.2, 0) is 26.0 Å². The first-order valence-electron chi connectivity index (χ1n) is 12.8. The van der Waals surface area contributed by atoms with E-state index in [2.05, 4.69) is 6.07 Å². The Kier molecular flexibility index (Phi) is 7.52. The van der Waals surface area contributed by atoms with E-state index in [9.17, 15) is 18.0 Å². The van der Waals surface area contributed by atoms with Gasteiger partial charge in [-0.1, -0.05) is 35.9 Å². The van der Waals surface area contributed by atoms with Crippen LogP contribution in [0.5, 0.6) is 0 Å². The summed E-state index contributed by atoms with van der Waals surface area (Å²) in [6.07, 6.45) is 0.0947. The second-order valence-corrected chi connectivity index (χ2v) is 14.3. The number of thiophene rings is 1. The highest BCUT2D eigenvalue weighted by Gasteiger charge is 2.47. The highest BCUT2D eigenvalue weighted by atomic mass is 35.5. The van der Waals surface area contributed by atoms with Gasteiger partial charge < -0.3 is 0 Å². The maximum absolute atomic E-state index is 13.7. The van der Waals surface area contributed by atoms with Gasteiger partial charge in [0.25, 0.3) is 15.9 Å². The summed E-state index contributed by atoms with van der Waals surface area (Å²) in [7, 11) is -4.03. The molecule has 0 spiro atoms. The van der Waals surface area contributed by atoms with Crippen molar-refractivity contribution in [2.45, 2.75) is 30.0 Å². The van der Waals surface area contributed by atoms with Crippen molar-refractivity contribution < 1.29 is 18.0 Å². The van der Waals surface area contributed by atoms with Crippen LogP contribution < -0.4 is 4.90 Å². The minimum absolute atomic E-state index is 0.0219. The maximum atomic E-state index is 13.7. The average molecular weight is 622 g/mol. The zero-order valence-corrected chi connectivity index (χ0v) is 25.1. The molecule has 1 aliphatic heterocycles. The van der Waals surface area contributed by atoms with Gasteiger partial charge in [0.2, 0.25) is 5.91 Å². The number of sulfonamides is 1. The minimum atomic E-state index is -4.03. The summed E-state index contributed by atoms with van der Waals surface area (Å²) < 4.78 is 29.7. The molecule has 11 heteroatoms. The predicted octanol–water partition coefficient (Wildman–Crippen LogP) is 6.55. The minimum Gasteiger partial charge on any atom is -0.274 e. The molecule has 5 aromatic rings. The van der Waals surface area contributed by atoms with Crippen molar-refractivity contribution in [3.8, 4) is 10.6 Å². The quantitative estimate of drug-likeness (QED) is 0.183. The predicted molar refractivity (Wildman–Crippen MR) is 164 cm³/mol. The number of hydrogen-bond acceptors (Lipinski definition) is 7. The Morgan fingerprint density at radius 3 is 2.56 bits per heavy atom. The molecule has 1 fully saturated rings.